The molecule has 0 aliphatic rings. The molecule has 0 bridgehead atoms. The monoisotopic (exact) mass is 386 g/mol. The quantitative estimate of drug-likeness (QED) is 0.624. The minimum absolute atomic E-state index is 0. The van der Waals surface area contributed by atoms with Crippen molar-refractivity contribution in [3.63, 3.8) is 0 Å². The van der Waals surface area contributed by atoms with Crippen molar-refractivity contribution in [3.8, 4) is 11.5 Å². The van der Waals surface area contributed by atoms with Gasteiger partial charge in [-0.2, -0.15) is 4.98 Å². The molecule has 0 saturated heterocycles. The van der Waals surface area contributed by atoms with Gasteiger partial charge in [0.15, 0.2) is 5.82 Å². The second-order valence-electron chi connectivity index (χ2n) is 6.46. The van der Waals surface area contributed by atoms with Gasteiger partial charge in [-0.25, -0.2) is 0 Å². The van der Waals surface area contributed by atoms with Crippen LogP contribution in [-0.4, -0.2) is 29.8 Å². The van der Waals surface area contributed by atoms with Gasteiger partial charge in [-0.3, -0.25) is 0 Å². The number of nitrogens with one attached hydrogen (secondary N) is 1. The number of hydrogen-bond acceptors (Lipinski definition) is 5. The molecule has 1 aromatic heterocycles. The zero-order valence-electron chi connectivity index (χ0n) is 16.1. The van der Waals surface area contributed by atoms with Gasteiger partial charge in [0.1, 0.15) is 0 Å². The number of benzene rings is 2. The fourth-order valence-corrected chi connectivity index (χ4v) is 2.83. The lowest BCUT2D eigenvalue weighted by Crippen LogP contribution is -2.24. The van der Waals surface area contributed by atoms with Crippen LogP contribution < -0.4 is 10.2 Å². The van der Waals surface area contributed by atoms with Crippen molar-refractivity contribution in [2.24, 2.45) is 0 Å². The summed E-state index contributed by atoms with van der Waals surface area (Å²) >= 11 is 0. The minimum atomic E-state index is 0. The van der Waals surface area contributed by atoms with E-state index in [1.165, 1.54) is 11.3 Å². The van der Waals surface area contributed by atoms with Gasteiger partial charge >= 0.3 is 0 Å². The number of nitrogens with zero attached hydrogens (tertiary/aromatic N) is 3. The molecule has 27 heavy (non-hydrogen) atoms. The molecule has 0 aliphatic heterocycles. The van der Waals surface area contributed by atoms with E-state index in [-0.39, 0.29) is 12.4 Å². The van der Waals surface area contributed by atoms with Gasteiger partial charge < -0.3 is 14.7 Å². The Morgan fingerprint density at radius 1 is 1.07 bits per heavy atom. The topological polar surface area (TPSA) is 54.2 Å². The molecule has 1 N–H and O–H groups in total. The maximum absolute atomic E-state index is 5.42. The molecule has 1 atom stereocenters. The largest absolute Gasteiger partial charge is 0.367 e. The second kappa shape index (κ2) is 10.1. The van der Waals surface area contributed by atoms with E-state index in [1.807, 2.05) is 25.2 Å². The molecule has 2 aromatic carbocycles. The lowest BCUT2D eigenvalue weighted by atomic mass is 10.1. The molecule has 0 aliphatic carbocycles. The molecule has 0 amide bonds. The molecule has 1 unspecified atom stereocenters. The van der Waals surface area contributed by atoms with Crippen LogP contribution >= 0.6 is 12.4 Å². The van der Waals surface area contributed by atoms with E-state index in [9.17, 15) is 0 Å². The number of rotatable bonds is 8. The van der Waals surface area contributed by atoms with Crippen LogP contribution in [0.5, 0.6) is 0 Å². The molecule has 0 radical (unpaired) electrons. The Morgan fingerprint density at radius 2 is 1.78 bits per heavy atom. The molecule has 144 valence electrons. The highest BCUT2D eigenvalue weighted by Crippen LogP contribution is 2.23. The molecular formula is C21H27ClN4O. The Bertz CT molecular complexity index is 805. The first-order valence-corrected chi connectivity index (χ1v) is 9.08. The van der Waals surface area contributed by atoms with Crippen LogP contribution in [0.25, 0.3) is 11.5 Å². The van der Waals surface area contributed by atoms with Gasteiger partial charge in [0, 0.05) is 36.8 Å². The van der Waals surface area contributed by atoms with Crippen molar-refractivity contribution >= 4 is 18.1 Å². The van der Waals surface area contributed by atoms with Crippen LogP contribution in [0.3, 0.4) is 0 Å². The lowest BCUT2D eigenvalue weighted by molar-refractivity contribution is 0.418. The van der Waals surface area contributed by atoms with Crippen LogP contribution in [0.2, 0.25) is 0 Å². The SMILES string of the molecule is CCN(Cc1ccccc1)c1ccc(-c2nc(CC(C)NC)no2)cc1.Cl. The van der Waals surface area contributed by atoms with E-state index in [2.05, 4.69) is 70.6 Å². The van der Waals surface area contributed by atoms with E-state index in [0.29, 0.717) is 11.9 Å². The van der Waals surface area contributed by atoms with E-state index in [0.717, 1.165) is 30.9 Å². The Balaban J connectivity index is 0.00000261. The average Bonchev–Trinajstić information content (AvgIpc) is 3.15. The molecule has 0 spiro atoms. The van der Waals surface area contributed by atoms with Gasteiger partial charge in [-0.15, -0.1) is 12.4 Å². The Morgan fingerprint density at radius 3 is 2.41 bits per heavy atom. The standard InChI is InChI=1S/C21H26N4O.ClH/c1-4-25(15-17-8-6-5-7-9-17)19-12-10-18(11-13-19)21-23-20(24-26-21)14-16(2)22-3;/h5-13,16,22H,4,14-15H2,1-3H3;1H. The van der Waals surface area contributed by atoms with Gasteiger partial charge in [0.2, 0.25) is 0 Å². The van der Waals surface area contributed by atoms with E-state index < -0.39 is 0 Å². The number of likely N-dealkylation sites (N-methyl/N-ethyl adjacent to an activating group) is 1. The second-order valence-corrected chi connectivity index (χ2v) is 6.46. The van der Waals surface area contributed by atoms with E-state index >= 15 is 0 Å². The van der Waals surface area contributed by atoms with Crippen molar-refractivity contribution in [1.82, 2.24) is 15.5 Å². The smallest absolute Gasteiger partial charge is 0.257 e. The highest BCUT2D eigenvalue weighted by Gasteiger charge is 2.12. The van der Waals surface area contributed by atoms with Crippen LogP contribution in [0.4, 0.5) is 5.69 Å². The molecule has 3 rings (SSSR count). The summed E-state index contributed by atoms with van der Waals surface area (Å²) in [7, 11) is 1.93. The highest BCUT2D eigenvalue weighted by atomic mass is 35.5. The summed E-state index contributed by atoms with van der Waals surface area (Å²) in [6, 6.07) is 19.1. The summed E-state index contributed by atoms with van der Waals surface area (Å²) in [4.78, 5) is 6.84. The van der Waals surface area contributed by atoms with E-state index in [1.54, 1.807) is 0 Å². The van der Waals surface area contributed by atoms with Crippen molar-refractivity contribution in [3.05, 3.63) is 66.0 Å². The number of aromatic nitrogens is 2. The van der Waals surface area contributed by atoms with Crippen LogP contribution in [0.15, 0.2) is 59.1 Å². The van der Waals surface area contributed by atoms with Crippen LogP contribution in [0, 0.1) is 0 Å². The first-order valence-electron chi connectivity index (χ1n) is 9.08. The Hall–Kier alpha value is -2.37. The molecular weight excluding hydrogens is 360 g/mol. The molecule has 1 heterocycles. The van der Waals surface area contributed by atoms with Crippen LogP contribution in [-0.2, 0) is 13.0 Å². The van der Waals surface area contributed by atoms with Crippen molar-refractivity contribution in [2.45, 2.75) is 32.9 Å². The molecule has 3 aromatic rings. The van der Waals surface area contributed by atoms with E-state index in [4.69, 9.17) is 4.52 Å². The molecule has 6 heteroatoms. The van der Waals surface area contributed by atoms with Gasteiger partial charge in [-0.1, -0.05) is 35.5 Å². The number of halogens is 1. The third-order valence-corrected chi connectivity index (χ3v) is 4.53. The summed E-state index contributed by atoms with van der Waals surface area (Å²) in [5.74, 6) is 1.30. The normalized spacial score (nSPS) is 11.7. The zero-order chi connectivity index (χ0) is 18.4. The van der Waals surface area contributed by atoms with Gasteiger partial charge in [-0.05, 0) is 50.7 Å². The Kier molecular flexibility index (Phi) is 7.82. The summed E-state index contributed by atoms with van der Waals surface area (Å²) in [5.41, 5.74) is 3.43. The van der Waals surface area contributed by atoms with Crippen LogP contribution in [0.1, 0.15) is 25.2 Å². The number of anilines is 1. The van der Waals surface area contributed by atoms with Crippen molar-refractivity contribution in [2.75, 3.05) is 18.5 Å². The average molecular weight is 387 g/mol. The Labute approximate surface area is 167 Å². The summed E-state index contributed by atoms with van der Waals surface area (Å²) in [6.07, 6.45) is 0.749. The number of hydrogen-bond donors (Lipinski definition) is 1. The maximum atomic E-state index is 5.42. The fraction of sp³-hybridized carbons (Fsp3) is 0.333. The third-order valence-electron chi connectivity index (χ3n) is 4.53. The van der Waals surface area contributed by atoms with Crippen molar-refractivity contribution in [1.29, 1.82) is 0 Å². The summed E-state index contributed by atoms with van der Waals surface area (Å²) in [6.45, 7) is 6.10. The minimum Gasteiger partial charge on any atom is -0.367 e. The third kappa shape index (κ3) is 5.55. The zero-order valence-corrected chi connectivity index (χ0v) is 16.9. The lowest BCUT2D eigenvalue weighted by Gasteiger charge is -2.23. The fourth-order valence-electron chi connectivity index (χ4n) is 2.83. The molecule has 0 saturated carbocycles. The predicted molar refractivity (Wildman–Crippen MR) is 112 cm³/mol. The van der Waals surface area contributed by atoms with Gasteiger partial charge in [0.25, 0.3) is 5.89 Å². The predicted octanol–water partition coefficient (Wildman–Crippen LogP) is 4.34. The maximum Gasteiger partial charge on any atom is 0.257 e. The molecule has 0 fully saturated rings. The first-order chi connectivity index (χ1) is 12.7. The molecule has 5 nitrogen and oxygen atoms in total. The van der Waals surface area contributed by atoms with Gasteiger partial charge in [0.05, 0.1) is 0 Å². The summed E-state index contributed by atoms with van der Waals surface area (Å²) in [5, 5.41) is 7.26. The first kappa shape index (κ1) is 20.9. The van der Waals surface area contributed by atoms with Crippen molar-refractivity contribution < 1.29 is 4.52 Å². The highest BCUT2D eigenvalue weighted by molar-refractivity contribution is 5.85. The summed E-state index contributed by atoms with van der Waals surface area (Å²) < 4.78 is 5.42.